The van der Waals surface area contributed by atoms with Crippen LogP contribution in [0.4, 0.5) is 0 Å². The second-order valence-corrected chi connectivity index (χ2v) is 6.45. The van der Waals surface area contributed by atoms with Crippen molar-refractivity contribution >= 4 is 11.3 Å². The molecule has 0 fully saturated rings. The van der Waals surface area contributed by atoms with Crippen LogP contribution in [0.25, 0.3) is 16.6 Å². The maximum atomic E-state index is 13.1. The molecule has 4 aromatic rings. The van der Waals surface area contributed by atoms with E-state index in [-0.39, 0.29) is 5.78 Å². The number of aryl methyl sites for hydroxylation is 2. The quantitative estimate of drug-likeness (QED) is 0.416. The molecule has 0 saturated carbocycles. The molecule has 124 valence electrons. The van der Waals surface area contributed by atoms with Crippen molar-refractivity contribution in [2.75, 3.05) is 0 Å². The van der Waals surface area contributed by atoms with Crippen LogP contribution in [0.3, 0.4) is 0 Å². The van der Waals surface area contributed by atoms with E-state index in [0.717, 1.165) is 22.3 Å². The maximum Gasteiger partial charge on any atom is 0.243 e. The first-order valence-corrected chi connectivity index (χ1v) is 8.33. The standard InChI is InChI=1S/C21H20N3O/c1-16-8-9-24-18(12-16)13-19(17-6-4-3-5-7-17)21(24)20(25)14-23-11-10-22(2)15-23/h3-13,15H,14H2,1-2H3/q+1. The number of imidazole rings is 1. The third-order valence-corrected chi connectivity index (χ3v) is 4.43. The summed E-state index contributed by atoms with van der Waals surface area (Å²) >= 11 is 0. The summed E-state index contributed by atoms with van der Waals surface area (Å²) in [5, 5.41) is 0. The predicted octanol–water partition coefficient (Wildman–Crippen LogP) is 3.42. The molecule has 0 aliphatic carbocycles. The zero-order valence-corrected chi connectivity index (χ0v) is 14.4. The number of hydrogen-bond donors (Lipinski definition) is 0. The van der Waals surface area contributed by atoms with Gasteiger partial charge in [0.1, 0.15) is 18.1 Å². The summed E-state index contributed by atoms with van der Waals surface area (Å²) in [6, 6.07) is 16.3. The van der Waals surface area contributed by atoms with Crippen molar-refractivity contribution < 1.29 is 9.36 Å². The Kier molecular flexibility index (Phi) is 3.73. The van der Waals surface area contributed by atoms with E-state index in [2.05, 4.69) is 19.1 Å². The van der Waals surface area contributed by atoms with E-state index in [9.17, 15) is 4.79 Å². The molecule has 0 aliphatic rings. The molecule has 4 rings (SSSR count). The van der Waals surface area contributed by atoms with E-state index >= 15 is 0 Å². The highest BCUT2D eigenvalue weighted by atomic mass is 16.1. The van der Waals surface area contributed by atoms with Gasteiger partial charge >= 0.3 is 0 Å². The van der Waals surface area contributed by atoms with Crippen LogP contribution >= 0.6 is 0 Å². The van der Waals surface area contributed by atoms with Crippen LogP contribution < -0.4 is 4.57 Å². The number of pyridine rings is 1. The molecule has 0 saturated heterocycles. The van der Waals surface area contributed by atoms with Crippen LogP contribution in [-0.2, 0) is 13.6 Å². The molecule has 0 atom stereocenters. The van der Waals surface area contributed by atoms with Gasteiger partial charge in [0.2, 0.25) is 12.1 Å². The van der Waals surface area contributed by atoms with E-state index in [1.807, 2.05) is 81.9 Å². The summed E-state index contributed by atoms with van der Waals surface area (Å²) < 4.78 is 5.84. The van der Waals surface area contributed by atoms with Crippen LogP contribution in [0.5, 0.6) is 0 Å². The molecule has 0 spiro atoms. The highest BCUT2D eigenvalue weighted by Crippen LogP contribution is 2.28. The van der Waals surface area contributed by atoms with Crippen LogP contribution in [0, 0.1) is 6.92 Å². The number of nitrogens with zero attached hydrogens (tertiary/aromatic N) is 3. The molecule has 0 aliphatic heterocycles. The van der Waals surface area contributed by atoms with Gasteiger partial charge in [0.05, 0.1) is 7.05 Å². The van der Waals surface area contributed by atoms with Gasteiger partial charge in [-0.1, -0.05) is 30.3 Å². The lowest BCUT2D eigenvalue weighted by Gasteiger charge is -2.06. The normalized spacial score (nSPS) is 11.1. The van der Waals surface area contributed by atoms with Crippen molar-refractivity contribution in [1.82, 2.24) is 8.97 Å². The Hall–Kier alpha value is -3.14. The van der Waals surface area contributed by atoms with Gasteiger partial charge in [0.25, 0.3) is 0 Å². The lowest BCUT2D eigenvalue weighted by Crippen LogP contribution is -2.36. The molecule has 4 heteroatoms. The van der Waals surface area contributed by atoms with Crippen molar-refractivity contribution in [2.45, 2.75) is 13.5 Å². The molecular formula is C21H20N3O+. The fraction of sp³-hybridized carbons (Fsp3) is 0.143. The van der Waals surface area contributed by atoms with Gasteiger partial charge in [-0.3, -0.25) is 4.79 Å². The number of carbonyl (C=O) groups is 1. The summed E-state index contributed by atoms with van der Waals surface area (Å²) in [6.45, 7) is 2.39. The Balaban J connectivity index is 1.86. The lowest BCUT2D eigenvalue weighted by atomic mass is 10.0. The smallest absolute Gasteiger partial charge is 0.243 e. The minimum absolute atomic E-state index is 0.0962. The maximum absolute atomic E-state index is 13.1. The van der Waals surface area contributed by atoms with E-state index in [0.29, 0.717) is 6.54 Å². The number of rotatable bonds is 4. The van der Waals surface area contributed by atoms with E-state index in [1.165, 1.54) is 5.56 Å². The molecule has 1 aromatic carbocycles. The number of ketones is 1. The Morgan fingerprint density at radius 2 is 1.88 bits per heavy atom. The van der Waals surface area contributed by atoms with Crippen molar-refractivity contribution in [1.29, 1.82) is 0 Å². The molecule has 4 nitrogen and oxygen atoms in total. The van der Waals surface area contributed by atoms with E-state index in [4.69, 9.17) is 0 Å². The average Bonchev–Trinajstić information content (AvgIpc) is 3.18. The van der Waals surface area contributed by atoms with Gasteiger partial charge < -0.3 is 4.40 Å². The summed E-state index contributed by atoms with van der Waals surface area (Å²) in [6.07, 6.45) is 7.76. The molecule has 3 aromatic heterocycles. The average molecular weight is 330 g/mol. The van der Waals surface area contributed by atoms with E-state index < -0.39 is 0 Å². The van der Waals surface area contributed by atoms with E-state index in [1.54, 1.807) is 0 Å². The molecule has 0 unspecified atom stereocenters. The van der Waals surface area contributed by atoms with Crippen molar-refractivity contribution in [3.8, 4) is 11.1 Å². The largest absolute Gasteiger partial charge is 0.313 e. The number of carbonyl (C=O) groups excluding carboxylic acids is 1. The molecule has 0 bridgehead atoms. The molecule has 0 radical (unpaired) electrons. The minimum atomic E-state index is 0.0962. The first-order valence-electron chi connectivity index (χ1n) is 8.33. The highest BCUT2D eigenvalue weighted by Gasteiger charge is 2.21. The fourth-order valence-corrected chi connectivity index (χ4v) is 3.25. The highest BCUT2D eigenvalue weighted by molar-refractivity contribution is 6.02. The summed E-state index contributed by atoms with van der Waals surface area (Å²) in [7, 11) is 1.95. The first kappa shape index (κ1) is 15.4. The second-order valence-electron chi connectivity index (χ2n) is 6.45. The second kappa shape index (κ2) is 6.06. The molecule has 0 amide bonds. The lowest BCUT2D eigenvalue weighted by molar-refractivity contribution is -0.682. The number of benzene rings is 1. The topological polar surface area (TPSA) is 30.3 Å². The zero-order valence-electron chi connectivity index (χ0n) is 14.4. The van der Waals surface area contributed by atoms with Crippen LogP contribution in [0.15, 0.2) is 73.4 Å². The van der Waals surface area contributed by atoms with Crippen LogP contribution in [0.2, 0.25) is 0 Å². The first-order chi connectivity index (χ1) is 12.1. The van der Waals surface area contributed by atoms with Crippen molar-refractivity contribution in [3.63, 3.8) is 0 Å². The molecular weight excluding hydrogens is 310 g/mol. The Morgan fingerprint density at radius 1 is 1.08 bits per heavy atom. The minimum Gasteiger partial charge on any atom is -0.313 e. The predicted molar refractivity (Wildman–Crippen MR) is 97.5 cm³/mol. The third kappa shape index (κ3) is 2.87. The molecule has 25 heavy (non-hydrogen) atoms. The van der Waals surface area contributed by atoms with Gasteiger partial charge in [-0.2, -0.15) is 0 Å². The number of fused-ring (bicyclic) bond motifs is 1. The Morgan fingerprint density at radius 3 is 2.60 bits per heavy atom. The number of aromatic nitrogens is 3. The van der Waals surface area contributed by atoms with Gasteiger partial charge in [-0.15, -0.1) is 0 Å². The zero-order chi connectivity index (χ0) is 17.4. The summed E-state index contributed by atoms with van der Waals surface area (Å²) in [5.74, 6) is 0.0962. The monoisotopic (exact) mass is 330 g/mol. The number of Topliss-reactive ketones (excluding diaryl/α,β-unsaturated/α-hetero) is 1. The van der Waals surface area contributed by atoms with Crippen LogP contribution in [-0.4, -0.2) is 14.8 Å². The molecule has 3 heterocycles. The summed E-state index contributed by atoms with van der Waals surface area (Å²) in [5.41, 5.74) is 5.00. The fourth-order valence-electron chi connectivity index (χ4n) is 3.25. The van der Waals surface area contributed by atoms with Gasteiger partial charge in [0, 0.05) is 17.3 Å². The third-order valence-electron chi connectivity index (χ3n) is 4.43. The van der Waals surface area contributed by atoms with Crippen LogP contribution in [0.1, 0.15) is 16.1 Å². The van der Waals surface area contributed by atoms with Gasteiger partial charge in [0.15, 0.2) is 6.54 Å². The van der Waals surface area contributed by atoms with Crippen molar-refractivity contribution in [2.24, 2.45) is 7.05 Å². The van der Waals surface area contributed by atoms with Gasteiger partial charge in [-0.25, -0.2) is 9.13 Å². The summed E-state index contributed by atoms with van der Waals surface area (Å²) in [4.78, 5) is 13.1. The van der Waals surface area contributed by atoms with Crippen molar-refractivity contribution in [3.05, 3.63) is 84.7 Å². The number of hydrogen-bond acceptors (Lipinski definition) is 1. The SMILES string of the molecule is Cc1ccn2c(C(=O)C[n+]3ccn(C)c3)c(-c3ccccc3)cc2c1. The Labute approximate surface area is 146 Å². The Bertz CT molecular complexity index is 1060. The molecule has 0 N–H and O–H groups in total. The van der Waals surface area contributed by atoms with Gasteiger partial charge in [-0.05, 0) is 36.2 Å².